The highest BCUT2D eigenvalue weighted by molar-refractivity contribution is 6.20. The molecule has 1 aromatic heterocycles. The molecule has 140 valence electrons. The summed E-state index contributed by atoms with van der Waals surface area (Å²) in [6.45, 7) is 6.41. The number of fused-ring (bicyclic) bond motifs is 4. The number of hydrogen-bond donors (Lipinski definition) is 2. The summed E-state index contributed by atoms with van der Waals surface area (Å²) in [7, 11) is 0. The fourth-order valence-electron chi connectivity index (χ4n) is 4.94. The molecule has 0 radical (unpaired) electrons. The maximum atomic E-state index is 13.6. The lowest BCUT2D eigenvalue weighted by molar-refractivity contribution is 0.103. The van der Waals surface area contributed by atoms with Crippen molar-refractivity contribution in [1.82, 2.24) is 10.3 Å². The lowest BCUT2D eigenvalue weighted by Crippen LogP contribution is -2.31. The van der Waals surface area contributed by atoms with Gasteiger partial charge in [-0.15, -0.1) is 0 Å². The fourth-order valence-corrected chi connectivity index (χ4v) is 4.94. The van der Waals surface area contributed by atoms with Gasteiger partial charge in [-0.3, -0.25) is 4.79 Å². The number of piperidine rings is 1. The number of benzene rings is 2. The fraction of sp³-hybridized carbons (Fsp3) is 0.333. The SMILES string of the molecule is CC1(C)c2ccc(C3CCNCC3)cc2C(=O)c2c1[nH]c1cc(C#N)ccc21. The summed E-state index contributed by atoms with van der Waals surface area (Å²) in [5.41, 5.74) is 6.06. The molecule has 4 nitrogen and oxygen atoms in total. The smallest absolute Gasteiger partial charge is 0.195 e. The van der Waals surface area contributed by atoms with Crippen LogP contribution in [0.4, 0.5) is 0 Å². The van der Waals surface area contributed by atoms with Gasteiger partial charge in [0.2, 0.25) is 0 Å². The van der Waals surface area contributed by atoms with E-state index in [9.17, 15) is 10.1 Å². The van der Waals surface area contributed by atoms with Crippen molar-refractivity contribution in [2.75, 3.05) is 13.1 Å². The second-order valence-electron chi connectivity index (χ2n) is 8.53. The minimum atomic E-state index is -0.295. The second kappa shape index (κ2) is 6.05. The molecule has 0 saturated carbocycles. The number of aromatic nitrogens is 1. The van der Waals surface area contributed by atoms with Crippen LogP contribution in [0.2, 0.25) is 0 Å². The van der Waals surface area contributed by atoms with Gasteiger partial charge in [0.1, 0.15) is 0 Å². The molecule has 0 spiro atoms. The maximum absolute atomic E-state index is 13.6. The number of rotatable bonds is 1. The van der Waals surface area contributed by atoms with Gasteiger partial charge in [0.15, 0.2) is 5.78 Å². The molecular formula is C24H23N3O. The highest BCUT2D eigenvalue weighted by atomic mass is 16.1. The van der Waals surface area contributed by atoms with E-state index in [1.54, 1.807) is 6.07 Å². The molecule has 0 bridgehead atoms. The average molecular weight is 369 g/mol. The van der Waals surface area contributed by atoms with Crippen LogP contribution in [-0.4, -0.2) is 23.9 Å². The predicted octanol–water partition coefficient (Wildman–Crippen LogP) is 4.38. The highest BCUT2D eigenvalue weighted by Gasteiger charge is 2.39. The molecule has 28 heavy (non-hydrogen) atoms. The van der Waals surface area contributed by atoms with Crippen molar-refractivity contribution in [2.24, 2.45) is 0 Å². The van der Waals surface area contributed by atoms with Crippen LogP contribution in [-0.2, 0) is 5.41 Å². The maximum Gasteiger partial charge on any atom is 0.195 e. The average Bonchev–Trinajstić information content (AvgIpc) is 3.12. The Hall–Kier alpha value is -2.90. The van der Waals surface area contributed by atoms with E-state index in [1.807, 2.05) is 12.1 Å². The monoisotopic (exact) mass is 369 g/mol. The van der Waals surface area contributed by atoms with Crippen molar-refractivity contribution in [3.05, 3.63) is 69.9 Å². The number of hydrogen-bond acceptors (Lipinski definition) is 3. The van der Waals surface area contributed by atoms with Gasteiger partial charge in [0.25, 0.3) is 0 Å². The Bertz CT molecular complexity index is 1160. The summed E-state index contributed by atoms with van der Waals surface area (Å²) in [5, 5.41) is 13.5. The molecular weight excluding hydrogens is 346 g/mol. The topological polar surface area (TPSA) is 68.7 Å². The third kappa shape index (κ3) is 2.36. The number of carbonyl (C=O) groups excluding carboxylic acids is 1. The number of nitrogens with zero attached hydrogens (tertiary/aromatic N) is 1. The van der Waals surface area contributed by atoms with Crippen LogP contribution in [0.5, 0.6) is 0 Å². The molecule has 3 aromatic rings. The molecule has 1 aliphatic carbocycles. The molecule has 1 saturated heterocycles. The van der Waals surface area contributed by atoms with Gasteiger partial charge in [0, 0.05) is 27.6 Å². The van der Waals surface area contributed by atoms with Crippen LogP contribution in [0.3, 0.4) is 0 Å². The zero-order valence-corrected chi connectivity index (χ0v) is 16.2. The molecule has 2 heterocycles. The molecule has 4 heteroatoms. The van der Waals surface area contributed by atoms with Gasteiger partial charge in [0.05, 0.1) is 17.2 Å². The summed E-state index contributed by atoms with van der Waals surface area (Å²) >= 11 is 0. The van der Waals surface area contributed by atoms with E-state index < -0.39 is 0 Å². The van der Waals surface area contributed by atoms with Gasteiger partial charge < -0.3 is 10.3 Å². The van der Waals surface area contributed by atoms with Gasteiger partial charge in [-0.25, -0.2) is 0 Å². The number of aromatic amines is 1. The third-order valence-corrected chi connectivity index (χ3v) is 6.55. The number of carbonyl (C=O) groups is 1. The second-order valence-corrected chi connectivity index (χ2v) is 8.53. The minimum Gasteiger partial charge on any atom is -0.357 e. The Labute approximate surface area is 164 Å². The van der Waals surface area contributed by atoms with E-state index in [-0.39, 0.29) is 11.2 Å². The molecule has 0 amide bonds. The first-order valence-electron chi connectivity index (χ1n) is 9.97. The molecule has 1 fully saturated rings. The summed E-state index contributed by atoms with van der Waals surface area (Å²) < 4.78 is 0. The first-order valence-corrected chi connectivity index (χ1v) is 9.97. The molecule has 1 aliphatic heterocycles. The first kappa shape index (κ1) is 17.2. The van der Waals surface area contributed by atoms with Gasteiger partial charge >= 0.3 is 0 Å². The van der Waals surface area contributed by atoms with E-state index in [1.165, 1.54) is 5.56 Å². The third-order valence-electron chi connectivity index (χ3n) is 6.55. The van der Waals surface area contributed by atoms with Gasteiger partial charge in [-0.05, 0) is 61.2 Å². The van der Waals surface area contributed by atoms with Crippen LogP contribution in [0.1, 0.15) is 70.9 Å². The minimum absolute atomic E-state index is 0.0936. The van der Waals surface area contributed by atoms with E-state index in [2.05, 4.69) is 48.4 Å². The lowest BCUT2D eigenvalue weighted by Gasteiger charge is -2.33. The van der Waals surface area contributed by atoms with E-state index in [0.29, 0.717) is 11.5 Å². The molecule has 0 atom stereocenters. The van der Waals surface area contributed by atoms with Crippen molar-refractivity contribution in [3.8, 4) is 6.07 Å². The summed E-state index contributed by atoms with van der Waals surface area (Å²) in [6, 6.07) is 14.2. The van der Waals surface area contributed by atoms with E-state index in [4.69, 9.17) is 0 Å². The van der Waals surface area contributed by atoms with Crippen molar-refractivity contribution in [3.63, 3.8) is 0 Å². The van der Waals surface area contributed by atoms with E-state index in [0.717, 1.165) is 59.2 Å². The Kier molecular flexibility index (Phi) is 3.72. The Morgan fingerprint density at radius 3 is 2.64 bits per heavy atom. The van der Waals surface area contributed by atoms with Crippen LogP contribution >= 0.6 is 0 Å². The van der Waals surface area contributed by atoms with Crippen LogP contribution in [0, 0.1) is 11.3 Å². The molecule has 2 N–H and O–H groups in total. The van der Waals surface area contributed by atoms with Crippen molar-refractivity contribution in [1.29, 1.82) is 5.26 Å². The molecule has 2 aromatic carbocycles. The van der Waals surface area contributed by atoms with Crippen molar-refractivity contribution < 1.29 is 4.79 Å². The molecule has 2 aliphatic rings. The van der Waals surface area contributed by atoms with Gasteiger partial charge in [-0.2, -0.15) is 5.26 Å². The van der Waals surface area contributed by atoms with Crippen molar-refractivity contribution in [2.45, 2.75) is 38.0 Å². The van der Waals surface area contributed by atoms with Gasteiger partial charge in [-0.1, -0.05) is 32.0 Å². The largest absolute Gasteiger partial charge is 0.357 e. The lowest BCUT2D eigenvalue weighted by atomic mass is 9.70. The van der Waals surface area contributed by atoms with Crippen LogP contribution in [0.25, 0.3) is 10.9 Å². The Balaban J connectivity index is 1.69. The summed E-state index contributed by atoms with van der Waals surface area (Å²) in [4.78, 5) is 17.0. The standard InChI is InChI=1S/C24H23N3O/c1-24(2)19-6-4-16(15-7-9-26-10-8-15)12-18(19)22(28)21-17-5-3-14(13-25)11-20(17)27-23(21)24/h3-6,11-12,15,26-27H,7-10H2,1-2H3. The number of nitrogens with one attached hydrogen (secondary N) is 2. The first-order chi connectivity index (χ1) is 13.5. The zero-order chi connectivity index (χ0) is 19.5. The molecule has 5 rings (SSSR count). The Morgan fingerprint density at radius 2 is 1.89 bits per heavy atom. The predicted molar refractivity (Wildman–Crippen MR) is 110 cm³/mol. The quantitative estimate of drug-likeness (QED) is 0.669. The Morgan fingerprint density at radius 1 is 1.11 bits per heavy atom. The summed E-state index contributed by atoms with van der Waals surface area (Å²) in [5.74, 6) is 0.612. The number of H-pyrrole nitrogens is 1. The number of nitriles is 1. The van der Waals surface area contributed by atoms with E-state index >= 15 is 0 Å². The van der Waals surface area contributed by atoms with Crippen LogP contribution in [0.15, 0.2) is 36.4 Å². The summed E-state index contributed by atoms with van der Waals surface area (Å²) in [6.07, 6.45) is 2.23. The van der Waals surface area contributed by atoms with Crippen molar-refractivity contribution >= 4 is 16.7 Å². The zero-order valence-electron chi connectivity index (χ0n) is 16.2. The number of ketones is 1. The normalized spacial score (nSPS) is 18.5. The molecule has 0 unspecified atom stereocenters. The highest BCUT2D eigenvalue weighted by Crippen LogP contribution is 2.44. The van der Waals surface area contributed by atoms with Crippen LogP contribution < -0.4 is 5.32 Å².